The maximum atomic E-state index is 13.7. The summed E-state index contributed by atoms with van der Waals surface area (Å²) in [5, 5.41) is 0. The first-order chi connectivity index (χ1) is 15.0. The van der Waals surface area contributed by atoms with Crippen LogP contribution in [-0.4, -0.2) is 88.2 Å². The van der Waals surface area contributed by atoms with Crippen molar-refractivity contribution in [3.8, 4) is 0 Å². The molecule has 3 amide bonds. The summed E-state index contributed by atoms with van der Waals surface area (Å²) in [6.45, 7) is 13.9. The van der Waals surface area contributed by atoms with E-state index in [1.54, 1.807) is 9.80 Å². The molecule has 0 radical (unpaired) electrons. The van der Waals surface area contributed by atoms with Gasteiger partial charge in [0.15, 0.2) is 0 Å². The summed E-state index contributed by atoms with van der Waals surface area (Å²) in [7, 11) is 0. The van der Waals surface area contributed by atoms with Crippen LogP contribution >= 0.6 is 0 Å². The molecule has 0 aromatic heterocycles. The van der Waals surface area contributed by atoms with E-state index in [4.69, 9.17) is 9.47 Å². The van der Waals surface area contributed by atoms with Crippen LogP contribution in [0.5, 0.6) is 0 Å². The Morgan fingerprint density at radius 1 is 1.16 bits per heavy atom. The van der Waals surface area contributed by atoms with E-state index in [9.17, 15) is 14.4 Å². The number of ether oxygens (including phenoxy) is 2. The molecule has 2 unspecified atom stereocenters. The summed E-state index contributed by atoms with van der Waals surface area (Å²) in [5.74, 6) is -0.194. The number of β-lactam (4-membered cyclic amide) rings is 1. The number of carbonyl (C=O) groups is 3. The zero-order valence-electron chi connectivity index (χ0n) is 20.7. The average Bonchev–Trinajstić information content (AvgIpc) is 3.41. The van der Waals surface area contributed by atoms with Gasteiger partial charge in [0.1, 0.15) is 17.2 Å². The van der Waals surface area contributed by atoms with Crippen LogP contribution in [0.1, 0.15) is 80.1 Å². The fourth-order valence-electron chi connectivity index (χ4n) is 5.35. The molecular formula is C24H41N3O5. The summed E-state index contributed by atoms with van der Waals surface area (Å²) in [5.41, 5.74) is -1.55. The van der Waals surface area contributed by atoms with Gasteiger partial charge in [0.05, 0.1) is 12.1 Å². The Balaban J connectivity index is 1.83. The smallest absolute Gasteiger partial charge is 0.411 e. The summed E-state index contributed by atoms with van der Waals surface area (Å²) in [4.78, 5) is 45.3. The van der Waals surface area contributed by atoms with Crippen molar-refractivity contribution in [3.05, 3.63) is 0 Å². The molecule has 0 aliphatic carbocycles. The van der Waals surface area contributed by atoms with Crippen LogP contribution in [-0.2, 0) is 19.1 Å². The predicted molar refractivity (Wildman–Crippen MR) is 121 cm³/mol. The number of amides is 3. The third-order valence-corrected chi connectivity index (χ3v) is 7.04. The van der Waals surface area contributed by atoms with E-state index in [1.165, 1.54) is 0 Å². The van der Waals surface area contributed by atoms with Gasteiger partial charge in [-0.05, 0) is 66.7 Å². The Morgan fingerprint density at radius 3 is 2.38 bits per heavy atom. The molecule has 0 N–H and O–H groups in total. The molecule has 3 aliphatic heterocycles. The van der Waals surface area contributed by atoms with Gasteiger partial charge in [-0.2, -0.15) is 0 Å². The highest BCUT2D eigenvalue weighted by molar-refractivity contribution is 6.01. The first kappa shape index (κ1) is 24.8. The van der Waals surface area contributed by atoms with Gasteiger partial charge in [-0.1, -0.05) is 13.3 Å². The molecule has 0 aromatic carbocycles. The first-order valence-electron chi connectivity index (χ1n) is 12.3. The van der Waals surface area contributed by atoms with Crippen LogP contribution < -0.4 is 0 Å². The van der Waals surface area contributed by atoms with Gasteiger partial charge in [-0.3, -0.25) is 14.5 Å². The second-order valence-corrected chi connectivity index (χ2v) is 10.5. The van der Waals surface area contributed by atoms with Crippen molar-refractivity contribution in [2.24, 2.45) is 0 Å². The molecule has 4 atom stereocenters. The third kappa shape index (κ3) is 4.47. The van der Waals surface area contributed by atoms with Crippen molar-refractivity contribution in [1.82, 2.24) is 14.7 Å². The Bertz CT molecular complexity index is 715. The lowest BCUT2D eigenvalue weighted by molar-refractivity contribution is -0.187. The molecule has 3 rings (SSSR count). The second-order valence-electron chi connectivity index (χ2n) is 10.5. The summed E-state index contributed by atoms with van der Waals surface area (Å²) >= 11 is 0. The molecular weight excluding hydrogens is 410 g/mol. The molecule has 3 fully saturated rings. The van der Waals surface area contributed by atoms with Crippen LogP contribution in [0.25, 0.3) is 0 Å². The molecule has 0 saturated carbocycles. The van der Waals surface area contributed by atoms with Crippen LogP contribution in [0.3, 0.4) is 0 Å². The molecule has 3 heterocycles. The van der Waals surface area contributed by atoms with Gasteiger partial charge in [-0.15, -0.1) is 0 Å². The van der Waals surface area contributed by atoms with Gasteiger partial charge in [0, 0.05) is 26.2 Å². The van der Waals surface area contributed by atoms with Crippen LogP contribution in [0.2, 0.25) is 0 Å². The van der Waals surface area contributed by atoms with E-state index in [0.717, 1.165) is 45.2 Å². The van der Waals surface area contributed by atoms with Crippen molar-refractivity contribution in [3.63, 3.8) is 0 Å². The highest BCUT2D eigenvalue weighted by atomic mass is 16.6. The largest absolute Gasteiger partial charge is 0.444 e. The van der Waals surface area contributed by atoms with Crippen LogP contribution in [0.4, 0.5) is 4.79 Å². The quantitative estimate of drug-likeness (QED) is 0.439. The van der Waals surface area contributed by atoms with E-state index in [0.29, 0.717) is 19.6 Å². The summed E-state index contributed by atoms with van der Waals surface area (Å²) in [6, 6.07) is -0.946. The van der Waals surface area contributed by atoms with Gasteiger partial charge in [0.2, 0.25) is 5.91 Å². The Hall–Kier alpha value is -1.83. The van der Waals surface area contributed by atoms with Crippen LogP contribution in [0, 0.1) is 0 Å². The normalized spacial score (nSPS) is 27.6. The van der Waals surface area contributed by atoms with E-state index in [2.05, 4.69) is 6.92 Å². The van der Waals surface area contributed by atoms with Gasteiger partial charge in [0.25, 0.3) is 5.91 Å². The Labute approximate surface area is 192 Å². The molecule has 8 heteroatoms. The van der Waals surface area contributed by atoms with Gasteiger partial charge < -0.3 is 19.3 Å². The molecule has 3 aliphatic rings. The number of carbonyl (C=O) groups excluding carboxylic acids is 3. The SMILES string of the molecule is CCCCO[C@H](C)[C@@H](C(=O)N1CCCC1)N1C(=O)C2(CCCN2C(=O)OC(C)(C)C)C1C. The van der Waals surface area contributed by atoms with Gasteiger partial charge in [-0.25, -0.2) is 4.79 Å². The molecule has 1 spiro atoms. The fraction of sp³-hybridized carbons (Fsp3) is 0.875. The van der Waals surface area contributed by atoms with E-state index < -0.39 is 29.4 Å². The lowest BCUT2D eigenvalue weighted by Crippen LogP contribution is -2.82. The minimum atomic E-state index is -0.922. The van der Waals surface area contributed by atoms with Crippen molar-refractivity contribution in [1.29, 1.82) is 0 Å². The predicted octanol–water partition coefficient (Wildman–Crippen LogP) is 3.18. The monoisotopic (exact) mass is 451 g/mol. The summed E-state index contributed by atoms with van der Waals surface area (Å²) in [6.07, 6.45) is 4.38. The molecule has 0 aromatic rings. The van der Waals surface area contributed by atoms with E-state index >= 15 is 0 Å². The molecule has 182 valence electrons. The number of rotatable bonds is 7. The molecule has 0 bridgehead atoms. The maximum absolute atomic E-state index is 13.7. The number of likely N-dealkylation sites (tertiary alicyclic amines) is 3. The number of nitrogens with zero attached hydrogens (tertiary/aromatic N) is 3. The highest BCUT2D eigenvalue weighted by Crippen LogP contribution is 2.46. The summed E-state index contributed by atoms with van der Waals surface area (Å²) < 4.78 is 11.6. The van der Waals surface area contributed by atoms with E-state index in [1.807, 2.05) is 39.5 Å². The van der Waals surface area contributed by atoms with Crippen LogP contribution in [0.15, 0.2) is 0 Å². The van der Waals surface area contributed by atoms with Crippen molar-refractivity contribution >= 4 is 17.9 Å². The zero-order chi connectivity index (χ0) is 23.7. The minimum absolute atomic E-state index is 0.0386. The first-order valence-corrected chi connectivity index (χ1v) is 12.3. The lowest BCUT2D eigenvalue weighted by Gasteiger charge is -2.59. The minimum Gasteiger partial charge on any atom is -0.444 e. The number of hydrogen-bond acceptors (Lipinski definition) is 5. The van der Waals surface area contributed by atoms with Crippen molar-refractivity contribution in [2.75, 3.05) is 26.2 Å². The third-order valence-electron chi connectivity index (χ3n) is 7.04. The Morgan fingerprint density at radius 2 is 1.81 bits per heavy atom. The standard InChI is InChI=1S/C24H41N3O5/c1-7-8-16-31-17(2)19(20(28)25-13-9-10-14-25)27-18(3)24(21(27)29)12-11-15-26(24)22(30)32-23(4,5)6/h17-19H,7-16H2,1-6H3/t17-,18?,19+,24?/m1/s1. The topological polar surface area (TPSA) is 79.4 Å². The highest BCUT2D eigenvalue weighted by Gasteiger charge is 2.68. The molecule has 3 saturated heterocycles. The number of unbranched alkanes of at least 4 members (excludes halogenated alkanes) is 1. The lowest BCUT2D eigenvalue weighted by atomic mass is 9.75. The van der Waals surface area contributed by atoms with Crippen molar-refractivity contribution < 1.29 is 23.9 Å². The van der Waals surface area contributed by atoms with Gasteiger partial charge >= 0.3 is 6.09 Å². The fourth-order valence-corrected chi connectivity index (χ4v) is 5.35. The van der Waals surface area contributed by atoms with E-state index in [-0.39, 0.29) is 17.9 Å². The molecule has 8 nitrogen and oxygen atoms in total. The maximum Gasteiger partial charge on any atom is 0.411 e. The number of hydrogen-bond donors (Lipinski definition) is 0. The average molecular weight is 452 g/mol. The second kappa shape index (κ2) is 9.57. The zero-order valence-corrected chi connectivity index (χ0v) is 20.7. The van der Waals surface area contributed by atoms with Crippen molar-refractivity contribution in [2.45, 2.75) is 109 Å². The Kier molecular flexibility index (Phi) is 7.42. The molecule has 32 heavy (non-hydrogen) atoms.